The van der Waals surface area contributed by atoms with Gasteiger partial charge in [0.25, 0.3) is 0 Å². The van der Waals surface area contributed by atoms with E-state index in [2.05, 4.69) is 84.5 Å². The molecule has 2 fully saturated rings. The molecule has 2 aromatic rings. The van der Waals surface area contributed by atoms with E-state index in [-0.39, 0.29) is 6.04 Å². The fourth-order valence-electron chi connectivity index (χ4n) is 3.82. The first-order valence-corrected chi connectivity index (χ1v) is 11.9. The number of rotatable bonds is 7. The monoisotopic (exact) mass is 478 g/mol. The van der Waals surface area contributed by atoms with Crippen molar-refractivity contribution in [2.75, 3.05) is 43.2 Å². The second-order valence-electron chi connectivity index (χ2n) is 8.12. The van der Waals surface area contributed by atoms with Gasteiger partial charge in [-0.1, -0.05) is 9.24 Å². The molecule has 0 aliphatic carbocycles. The van der Waals surface area contributed by atoms with E-state index in [0.717, 1.165) is 54.6 Å². The summed E-state index contributed by atoms with van der Waals surface area (Å²) in [7, 11) is 2.62. The van der Waals surface area contributed by atoms with Crippen molar-refractivity contribution in [2.45, 2.75) is 19.9 Å². The van der Waals surface area contributed by atoms with Crippen molar-refractivity contribution in [2.24, 2.45) is 15.0 Å². The summed E-state index contributed by atoms with van der Waals surface area (Å²) in [4.78, 5) is 22.3. The molecule has 0 spiro atoms. The molecule has 2 saturated heterocycles. The number of ether oxygens (including phenoxy) is 1. The van der Waals surface area contributed by atoms with Crippen LogP contribution in [0.15, 0.2) is 69.5 Å². The molecule has 1 atom stereocenters. The Morgan fingerprint density at radius 2 is 2.00 bits per heavy atom. The molecule has 2 aliphatic heterocycles. The molecule has 0 bridgehead atoms. The van der Waals surface area contributed by atoms with Gasteiger partial charge in [-0.05, 0) is 57.0 Å². The molecule has 1 aromatic carbocycles. The lowest BCUT2D eigenvalue weighted by atomic mass is 10.2. The molecular formula is C24H31N8OP. The molecule has 2 aliphatic rings. The van der Waals surface area contributed by atoms with Crippen molar-refractivity contribution in [3.63, 3.8) is 0 Å². The van der Waals surface area contributed by atoms with Crippen LogP contribution in [-0.4, -0.2) is 67.4 Å². The molecule has 34 heavy (non-hydrogen) atoms. The molecule has 1 unspecified atom stereocenters. The van der Waals surface area contributed by atoms with E-state index < -0.39 is 0 Å². The van der Waals surface area contributed by atoms with Crippen LogP contribution in [0.4, 0.5) is 17.1 Å². The van der Waals surface area contributed by atoms with Gasteiger partial charge in [-0.3, -0.25) is 14.9 Å². The van der Waals surface area contributed by atoms with E-state index in [0.29, 0.717) is 12.6 Å². The Balaban J connectivity index is 1.51. The molecule has 0 amide bonds. The van der Waals surface area contributed by atoms with Gasteiger partial charge in [0.2, 0.25) is 5.96 Å². The van der Waals surface area contributed by atoms with Crippen LogP contribution >= 0.6 is 9.24 Å². The van der Waals surface area contributed by atoms with Gasteiger partial charge in [0.05, 0.1) is 30.5 Å². The minimum absolute atomic E-state index is 0.123. The van der Waals surface area contributed by atoms with Crippen LogP contribution in [0.5, 0.6) is 0 Å². The van der Waals surface area contributed by atoms with E-state index in [1.807, 2.05) is 12.1 Å². The SMILES string of the molecule is C=N/C=C1/NC(=Nc2cccnc2P)N(C(C)C)/C1=N/CNc1ccc(N2CCOCC2)cc1. The lowest BCUT2D eigenvalue weighted by Crippen LogP contribution is -2.38. The Morgan fingerprint density at radius 3 is 2.68 bits per heavy atom. The number of nitrogens with one attached hydrogen (secondary N) is 2. The topological polar surface area (TPSA) is 89.7 Å². The Kier molecular flexibility index (Phi) is 7.87. The van der Waals surface area contributed by atoms with Crippen LogP contribution in [0, 0.1) is 0 Å². The molecular weight excluding hydrogens is 447 g/mol. The van der Waals surface area contributed by atoms with Crippen LogP contribution in [0.1, 0.15) is 13.8 Å². The number of nitrogens with zero attached hydrogens (tertiary/aromatic N) is 6. The van der Waals surface area contributed by atoms with E-state index in [4.69, 9.17) is 14.7 Å². The zero-order chi connectivity index (χ0) is 23.9. The number of aromatic nitrogens is 1. The number of amidine groups is 1. The average Bonchev–Trinajstić information content (AvgIpc) is 3.19. The average molecular weight is 479 g/mol. The Hall–Kier alpha value is -3.29. The lowest BCUT2D eigenvalue weighted by Gasteiger charge is -2.28. The van der Waals surface area contributed by atoms with Crippen molar-refractivity contribution in [1.29, 1.82) is 0 Å². The second-order valence-corrected chi connectivity index (χ2v) is 8.67. The predicted molar refractivity (Wildman–Crippen MR) is 144 cm³/mol. The third kappa shape index (κ3) is 5.61. The maximum absolute atomic E-state index is 5.44. The van der Waals surface area contributed by atoms with Crippen molar-refractivity contribution >= 4 is 50.2 Å². The van der Waals surface area contributed by atoms with Gasteiger partial charge in [0.15, 0.2) is 5.84 Å². The van der Waals surface area contributed by atoms with Gasteiger partial charge in [-0.25, -0.2) is 9.98 Å². The highest BCUT2D eigenvalue weighted by Crippen LogP contribution is 2.21. The fraction of sp³-hybridized carbons (Fsp3) is 0.333. The number of guanidine groups is 1. The number of aliphatic imine (C=N–C) groups is 3. The van der Waals surface area contributed by atoms with Crippen LogP contribution in [-0.2, 0) is 4.74 Å². The first-order valence-electron chi connectivity index (χ1n) is 11.3. The van der Waals surface area contributed by atoms with Gasteiger partial charge in [-0.15, -0.1) is 0 Å². The summed E-state index contributed by atoms with van der Waals surface area (Å²) in [5.74, 6) is 1.43. The van der Waals surface area contributed by atoms with Crippen molar-refractivity contribution in [3.05, 3.63) is 54.5 Å². The number of benzene rings is 1. The van der Waals surface area contributed by atoms with E-state index in [9.17, 15) is 0 Å². The van der Waals surface area contributed by atoms with E-state index in [1.54, 1.807) is 12.4 Å². The van der Waals surface area contributed by atoms with Crippen LogP contribution in [0.3, 0.4) is 0 Å². The molecule has 2 N–H and O–H groups in total. The molecule has 1 aromatic heterocycles. The number of hydrogen-bond acceptors (Lipinski definition) is 7. The highest BCUT2D eigenvalue weighted by atomic mass is 31.0. The summed E-state index contributed by atoms with van der Waals surface area (Å²) in [5, 5.41) is 6.72. The number of hydrogen-bond donors (Lipinski definition) is 2. The van der Waals surface area contributed by atoms with Gasteiger partial charge in [0.1, 0.15) is 12.4 Å². The molecule has 0 saturated carbocycles. The van der Waals surface area contributed by atoms with Crippen LogP contribution in [0.2, 0.25) is 0 Å². The standard InChI is InChI=1S/C24H31N8OP/c1-17(2)32-22(21(15-25-3)30-24(32)29-20-5-4-10-26-23(20)34)28-16-27-18-6-8-19(9-7-18)31-11-13-33-14-12-31/h4-10,15,17,27H,3,11-14,16,34H2,1-2H3,(H,29,30)/b21-15+,28-22+. The zero-order valence-corrected chi connectivity index (χ0v) is 20.8. The molecule has 9 nitrogen and oxygen atoms in total. The zero-order valence-electron chi connectivity index (χ0n) is 19.6. The Morgan fingerprint density at radius 1 is 1.24 bits per heavy atom. The number of morpholine rings is 1. The van der Waals surface area contributed by atoms with E-state index >= 15 is 0 Å². The summed E-state index contributed by atoms with van der Waals surface area (Å²) >= 11 is 0. The van der Waals surface area contributed by atoms with Crippen LogP contribution < -0.4 is 21.0 Å². The van der Waals surface area contributed by atoms with Gasteiger partial charge in [-0.2, -0.15) is 0 Å². The molecule has 3 heterocycles. The smallest absolute Gasteiger partial charge is 0.209 e. The van der Waals surface area contributed by atoms with Crippen molar-refractivity contribution in [1.82, 2.24) is 15.2 Å². The van der Waals surface area contributed by atoms with Gasteiger partial charge in [0, 0.05) is 36.7 Å². The maximum atomic E-state index is 5.44. The lowest BCUT2D eigenvalue weighted by molar-refractivity contribution is 0.122. The summed E-state index contributed by atoms with van der Waals surface area (Å²) < 4.78 is 5.44. The highest BCUT2D eigenvalue weighted by Gasteiger charge is 2.32. The van der Waals surface area contributed by atoms with Gasteiger partial charge < -0.3 is 20.3 Å². The molecule has 10 heteroatoms. The molecule has 4 rings (SSSR count). The largest absolute Gasteiger partial charge is 0.378 e. The van der Waals surface area contributed by atoms with Crippen molar-refractivity contribution < 1.29 is 4.74 Å². The molecule has 178 valence electrons. The summed E-state index contributed by atoms with van der Waals surface area (Å²) in [6, 6.07) is 12.3. The number of pyridine rings is 1. The minimum atomic E-state index is 0.123. The quantitative estimate of drug-likeness (QED) is 0.470. The summed E-state index contributed by atoms with van der Waals surface area (Å²) in [6.07, 6.45) is 3.41. The third-order valence-corrected chi connectivity index (χ3v) is 5.92. The Labute approximate surface area is 202 Å². The van der Waals surface area contributed by atoms with Crippen molar-refractivity contribution in [3.8, 4) is 0 Å². The first kappa shape index (κ1) is 23.9. The Bertz CT molecular complexity index is 1090. The number of anilines is 2. The van der Waals surface area contributed by atoms with Crippen LogP contribution in [0.25, 0.3) is 0 Å². The maximum Gasteiger partial charge on any atom is 0.209 e. The van der Waals surface area contributed by atoms with Gasteiger partial charge >= 0.3 is 0 Å². The second kappa shape index (κ2) is 11.2. The summed E-state index contributed by atoms with van der Waals surface area (Å²) in [5.41, 5.74) is 4.51. The first-order chi connectivity index (χ1) is 16.6. The minimum Gasteiger partial charge on any atom is -0.378 e. The summed E-state index contributed by atoms with van der Waals surface area (Å²) in [6.45, 7) is 11.6. The van der Waals surface area contributed by atoms with E-state index in [1.165, 1.54) is 5.69 Å². The highest BCUT2D eigenvalue weighted by molar-refractivity contribution is 7.27. The normalized spacial score (nSPS) is 19.8. The third-order valence-electron chi connectivity index (χ3n) is 5.48. The predicted octanol–water partition coefficient (Wildman–Crippen LogP) is 2.73. The molecule has 0 radical (unpaired) electrons. The fourth-order valence-corrected chi connectivity index (χ4v) is 4.06.